The molecule has 100 valence electrons. The number of piperidine rings is 1. The van der Waals surface area contributed by atoms with Crippen LogP contribution in [0.5, 0.6) is 0 Å². The van der Waals surface area contributed by atoms with E-state index in [0.29, 0.717) is 23.8 Å². The van der Waals surface area contributed by atoms with Crippen molar-refractivity contribution >= 4 is 5.69 Å². The number of rotatable bonds is 4. The fraction of sp³-hybridized carbons (Fsp3) is 0.571. The average molecular weight is 252 g/mol. The highest BCUT2D eigenvalue weighted by Crippen LogP contribution is 2.23. The number of benzene rings is 1. The SMILES string of the molecule is Nc1ccc(CN2CCCCC2CCO)c(F)c1. The van der Waals surface area contributed by atoms with Gasteiger partial charge in [0, 0.05) is 30.4 Å². The molecule has 0 saturated carbocycles. The molecule has 3 N–H and O–H groups in total. The fourth-order valence-corrected chi connectivity index (χ4v) is 2.65. The molecule has 1 aromatic carbocycles. The first kappa shape index (κ1) is 13.3. The van der Waals surface area contributed by atoms with Crippen LogP contribution in [0.4, 0.5) is 10.1 Å². The molecule has 0 aliphatic carbocycles. The van der Waals surface area contributed by atoms with Crippen molar-refractivity contribution in [2.45, 2.75) is 38.3 Å². The summed E-state index contributed by atoms with van der Waals surface area (Å²) in [5.74, 6) is -0.233. The summed E-state index contributed by atoms with van der Waals surface area (Å²) in [6.07, 6.45) is 4.22. The van der Waals surface area contributed by atoms with Gasteiger partial charge in [0.1, 0.15) is 5.82 Å². The van der Waals surface area contributed by atoms with Gasteiger partial charge in [-0.1, -0.05) is 12.5 Å². The lowest BCUT2D eigenvalue weighted by atomic mass is 9.98. The minimum Gasteiger partial charge on any atom is -0.399 e. The number of hydrogen-bond donors (Lipinski definition) is 2. The Morgan fingerprint density at radius 1 is 1.39 bits per heavy atom. The zero-order valence-electron chi connectivity index (χ0n) is 10.6. The molecule has 0 radical (unpaired) electrons. The summed E-state index contributed by atoms with van der Waals surface area (Å²) in [7, 11) is 0. The van der Waals surface area contributed by atoms with Gasteiger partial charge in [0.15, 0.2) is 0 Å². The first-order valence-electron chi connectivity index (χ1n) is 6.59. The lowest BCUT2D eigenvalue weighted by molar-refractivity contribution is 0.111. The first-order chi connectivity index (χ1) is 8.70. The molecule has 0 amide bonds. The predicted molar refractivity (Wildman–Crippen MR) is 70.6 cm³/mol. The quantitative estimate of drug-likeness (QED) is 0.807. The van der Waals surface area contributed by atoms with Crippen LogP contribution in [0.15, 0.2) is 18.2 Å². The topological polar surface area (TPSA) is 49.5 Å². The van der Waals surface area contributed by atoms with E-state index >= 15 is 0 Å². The van der Waals surface area contributed by atoms with Crippen LogP contribution >= 0.6 is 0 Å². The highest BCUT2D eigenvalue weighted by atomic mass is 19.1. The number of aliphatic hydroxyl groups excluding tert-OH is 1. The Kier molecular flexibility index (Phi) is 4.55. The van der Waals surface area contributed by atoms with Crippen molar-refractivity contribution in [2.75, 3.05) is 18.9 Å². The molecule has 1 aliphatic heterocycles. The molecule has 0 spiro atoms. The van der Waals surface area contributed by atoms with Crippen LogP contribution in [0.1, 0.15) is 31.2 Å². The Bertz CT molecular complexity index is 395. The van der Waals surface area contributed by atoms with Gasteiger partial charge in [0.2, 0.25) is 0 Å². The summed E-state index contributed by atoms with van der Waals surface area (Å²) < 4.78 is 13.8. The third-order valence-corrected chi connectivity index (χ3v) is 3.66. The molecule has 18 heavy (non-hydrogen) atoms. The third kappa shape index (κ3) is 3.21. The summed E-state index contributed by atoms with van der Waals surface area (Å²) in [5.41, 5.74) is 6.70. The second-order valence-electron chi connectivity index (χ2n) is 4.98. The average Bonchev–Trinajstić information content (AvgIpc) is 2.35. The molecule has 4 heteroatoms. The normalized spacial score (nSPS) is 21.1. The molecular formula is C14H21FN2O. The number of aliphatic hydroxyl groups is 1. The maximum atomic E-state index is 13.8. The van der Waals surface area contributed by atoms with E-state index in [2.05, 4.69) is 4.90 Å². The van der Waals surface area contributed by atoms with Gasteiger partial charge in [-0.05, 0) is 37.9 Å². The molecule has 1 aromatic rings. The van der Waals surface area contributed by atoms with E-state index in [-0.39, 0.29) is 12.4 Å². The summed E-state index contributed by atoms with van der Waals surface area (Å²) >= 11 is 0. The standard InChI is InChI=1S/C14H21FN2O/c15-14-9-12(16)5-4-11(14)10-17-7-2-1-3-13(17)6-8-18/h4-5,9,13,18H,1-3,6-8,10,16H2. The van der Waals surface area contributed by atoms with Gasteiger partial charge in [0.05, 0.1) is 0 Å². The highest BCUT2D eigenvalue weighted by Gasteiger charge is 2.22. The Balaban J connectivity index is 2.06. The molecule has 1 heterocycles. The summed E-state index contributed by atoms with van der Waals surface area (Å²) in [6.45, 7) is 1.79. The second kappa shape index (κ2) is 6.16. The number of likely N-dealkylation sites (tertiary alicyclic amines) is 1. The van der Waals surface area contributed by atoms with Crippen molar-refractivity contribution in [3.63, 3.8) is 0 Å². The van der Waals surface area contributed by atoms with E-state index in [1.54, 1.807) is 12.1 Å². The van der Waals surface area contributed by atoms with E-state index in [0.717, 1.165) is 25.8 Å². The van der Waals surface area contributed by atoms with Crippen LogP contribution in [0.25, 0.3) is 0 Å². The van der Waals surface area contributed by atoms with Gasteiger partial charge in [-0.15, -0.1) is 0 Å². The van der Waals surface area contributed by atoms with Gasteiger partial charge in [-0.25, -0.2) is 4.39 Å². The van der Waals surface area contributed by atoms with Gasteiger partial charge < -0.3 is 10.8 Å². The molecule has 0 bridgehead atoms. The Morgan fingerprint density at radius 3 is 2.94 bits per heavy atom. The van der Waals surface area contributed by atoms with Gasteiger partial charge >= 0.3 is 0 Å². The van der Waals surface area contributed by atoms with E-state index in [1.165, 1.54) is 12.5 Å². The van der Waals surface area contributed by atoms with E-state index in [1.807, 2.05) is 0 Å². The van der Waals surface area contributed by atoms with Crippen molar-refractivity contribution in [1.29, 1.82) is 0 Å². The maximum Gasteiger partial charge on any atom is 0.129 e. The Morgan fingerprint density at radius 2 is 2.22 bits per heavy atom. The first-order valence-corrected chi connectivity index (χ1v) is 6.59. The van der Waals surface area contributed by atoms with Crippen LogP contribution in [0.2, 0.25) is 0 Å². The van der Waals surface area contributed by atoms with Crippen LogP contribution in [0.3, 0.4) is 0 Å². The van der Waals surface area contributed by atoms with Gasteiger partial charge in [-0.2, -0.15) is 0 Å². The number of hydrogen-bond acceptors (Lipinski definition) is 3. The monoisotopic (exact) mass is 252 g/mol. The lowest BCUT2D eigenvalue weighted by Gasteiger charge is -2.35. The largest absolute Gasteiger partial charge is 0.399 e. The van der Waals surface area contributed by atoms with Crippen LogP contribution < -0.4 is 5.73 Å². The number of nitrogen functional groups attached to an aromatic ring is 1. The van der Waals surface area contributed by atoms with Gasteiger partial charge in [0.25, 0.3) is 0 Å². The maximum absolute atomic E-state index is 13.8. The zero-order valence-corrected chi connectivity index (χ0v) is 10.6. The summed E-state index contributed by atoms with van der Waals surface area (Å²) in [5, 5.41) is 9.08. The number of nitrogens with two attached hydrogens (primary N) is 1. The number of halogens is 1. The molecule has 1 aliphatic rings. The molecule has 1 unspecified atom stereocenters. The van der Waals surface area contributed by atoms with Crippen LogP contribution in [-0.4, -0.2) is 29.2 Å². The van der Waals surface area contributed by atoms with Crippen molar-refractivity contribution in [3.8, 4) is 0 Å². The van der Waals surface area contributed by atoms with E-state index < -0.39 is 0 Å². The Labute approximate surface area is 107 Å². The molecule has 2 rings (SSSR count). The van der Waals surface area contributed by atoms with Crippen LogP contribution in [-0.2, 0) is 6.54 Å². The van der Waals surface area contributed by atoms with Crippen molar-refractivity contribution in [3.05, 3.63) is 29.6 Å². The smallest absolute Gasteiger partial charge is 0.129 e. The lowest BCUT2D eigenvalue weighted by Crippen LogP contribution is -2.39. The van der Waals surface area contributed by atoms with E-state index in [9.17, 15) is 4.39 Å². The minimum absolute atomic E-state index is 0.200. The summed E-state index contributed by atoms with van der Waals surface area (Å²) in [4.78, 5) is 2.27. The third-order valence-electron chi connectivity index (χ3n) is 3.66. The fourth-order valence-electron chi connectivity index (χ4n) is 2.65. The molecule has 3 nitrogen and oxygen atoms in total. The molecule has 0 aromatic heterocycles. The predicted octanol–water partition coefficient (Wildman–Crippen LogP) is 2.14. The van der Waals surface area contributed by atoms with Crippen molar-refractivity contribution < 1.29 is 9.50 Å². The summed E-state index contributed by atoms with van der Waals surface area (Å²) in [6, 6.07) is 5.25. The number of nitrogens with zero attached hydrogens (tertiary/aromatic N) is 1. The minimum atomic E-state index is -0.233. The second-order valence-corrected chi connectivity index (χ2v) is 4.98. The Hall–Kier alpha value is -1.13. The molecule has 1 fully saturated rings. The highest BCUT2D eigenvalue weighted by molar-refractivity contribution is 5.40. The van der Waals surface area contributed by atoms with Crippen molar-refractivity contribution in [1.82, 2.24) is 4.90 Å². The molecule has 1 saturated heterocycles. The molecule has 1 atom stereocenters. The molecular weight excluding hydrogens is 231 g/mol. The van der Waals surface area contributed by atoms with Gasteiger partial charge in [-0.3, -0.25) is 4.90 Å². The number of anilines is 1. The zero-order chi connectivity index (χ0) is 13.0. The van der Waals surface area contributed by atoms with E-state index in [4.69, 9.17) is 10.8 Å². The van der Waals surface area contributed by atoms with Crippen LogP contribution in [0, 0.1) is 5.82 Å². The van der Waals surface area contributed by atoms with Crippen molar-refractivity contribution in [2.24, 2.45) is 0 Å².